The van der Waals surface area contributed by atoms with E-state index >= 15 is 0 Å². The average Bonchev–Trinajstić information content (AvgIpc) is 1.78. The summed E-state index contributed by atoms with van der Waals surface area (Å²) in [6.45, 7) is 12.4. The fraction of sp³-hybridized carbons (Fsp3) is 1.00. The van der Waals surface area contributed by atoms with E-state index in [2.05, 4.69) is 41.5 Å². The van der Waals surface area contributed by atoms with E-state index in [9.17, 15) is 10.2 Å². The van der Waals surface area contributed by atoms with Crippen LogP contribution >= 0.6 is 0 Å². The average molecular weight is 202 g/mol. The molecule has 0 bridgehead atoms. The van der Waals surface area contributed by atoms with Crippen molar-refractivity contribution in [1.82, 2.24) is 0 Å². The van der Waals surface area contributed by atoms with Crippen molar-refractivity contribution in [3.8, 4) is 0 Å². The van der Waals surface area contributed by atoms with Crippen molar-refractivity contribution in [2.24, 2.45) is 10.8 Å². The van der Waals surface area contributed by atoms with Crippen LogP contribution in [-0.2, 0) is 0 Å². The summed E-state index contributed by atoms with van der Waals surface area (Å²) in [6, 6.07) is 0. The Morgan fingerprint density at radius 3 is 1.07 bits per heavy atom. The zero-order chi connectivity index (χ0) is 11.6. The van der Waals surface area contributed by atoms with Gasteiger partial charge in [-0.25, -0.2) is 0 Å². The number of aliphatic hydroxyl groups is 2. The fourth-order valence-electron chi connectivity index (χ4n) is 1.53. The summed E-state index contributed by atoms with van der Waals surface area (Å²) < 4.78 is 0. The molecule has 2 N–H and O–H groups in total. The van der Waals surface area contributed by atoms with Crippen molar-refractivity contribution >= 4 is 0 Å². The molecule has 2 heteroatoms. The van der Waals surface area contributed by atoms with E-state index in [0.717, 1.165) is 0 Å². The summed E-state index contributed by atoms with van der Waals surface area (Å²) >= 11 is 0. The van der Waals surface area contributed by atoms with Crippen LogP contribution in [-0.4, -0.2) is 22.4 Å². The first-order valence-corrected chi connectivity index (χ1v) is 5.37. The molecule has 0 aliphatic carbocycles. The Balaban J connectivity index is 4.07. The zero-order valence-electron chi connectivity index (χ0n) is 10.5. The van der Waals surface area contributed by atoms with Gasteiger partial charge in [0, 0.05) is 0 Å². The van der Waals surface area contributed by atoms with Gasteiger partial charge in [0.05, 0.1) is 12.2 Å². The molecule has 0 aromatic heterocycles. The molecule has 0 aromatic rings. The van der Waals surface area contributed by atoms with Crippen molar-refractivity contribution < 1.29 is 10.2 Å². The largest absolute Gasteiger partial charge is 0.390 e. The maximum Gasteiger partial charge on any atom is 0.0804 e. The third-order valence-electron chi connectivity index (χ3n) is 2.09. The van der Waals surface area contributed by atoms with Gasteiger partial charge in [-0.3, -0.25) is 0 Å². The Morgan fingerprint density at radius 1 is 0.714 bits per heavy atom. The zero-order valence-corrected chi connectivity index (χ0v) is 10.5. The molecule has 0 aliphatic rings. The quantitative estimate of drug-likeness (QED) is 0.738. The molecule has 0 amide bonds. The summed E-state index contributed by atoms with van der Waals surface area (Å²) in [7, 11) is 0. The first kappa shape index (κ1) is 13.9. The second kappa shape index (κ2) is 4.63. The number of hydrogen-bond donors (Lipinski definition) is 2. The van der Waals surface area contributed by atoms with Gasteiger partial charge in [-0.2, -0.15) is 0 Å². The molecular formula is C12H26O2. The van der Waals surface area contributed by atoms with Crippen molar-refractivity contribution in [2.75, 3.05) is 0 Å². The molecule has 0 unspecified atom stereocenters. The lowest BCUT2D eigenvalue weighted by Crippen LogP contribution is -2.33. The van der Waals surface area contributed by atoms with E-state index in [1.165, 1.54) is 0 Å². The van der Waals surface area contributed by atoms with E-state index in [0.29, 0.717) is 12.8 Å². The lowest BCUT2D eigenvalue weighted by atomic mass is 9.82. The third-order valence-corrected chi connectivity index (χ3v) is 2.09. The standard InChI is InChI=1S/C12H26O2/c1-11(2,3)7-9(13)10(14)8-12(4,5)6/h9-10,13-14H,7-8H2,1-6H3/t9-,10-/m0/s1. The van der Waals surface area contributed by atoms with Gasteiger partial charge < -0.3 is 10.2 Å². The van der Waals surface area contributed by atoms with E-state index in [-0.39, 0.29) is 10.8 Å². The molecule has 0 saturated carbocycles. The van der Waals surface area contributed by atoms with Gasteiger partial charge >= 0.3 is 0 Å². The minimum Gasteiger partial charge on any atom is -0.390 e. The molecule has 2 atom stereocenters. The Bertz CT molecular complexity index is 142. The number of aliphatic hydroxyl groups excluding tert-OH is 2. The van der Waals surface area contributed by atoms with Crippen LogP contribution in [0.25, 0.3) is 0 Å². The van der Waals surface area contributed by atoms with Gasteiger partial charge in [-0.05, 0) is 23.7 Å². The lowest BCUT2D eigenvalue weighted by Gasteiger charge is -2.29. The van der Waals surface area contributed by atoms with Gasteiger partial charge in [-0.15, -0.1) is 0 Å². The molecule has 0 saturated heterocycles. The highest BCUT2D eigenvalue weighted by atomic mass is 16.3. The third kappa shape index (κ3) is 7.34. The van der Waals surface area contributed by atoms with Crippen LogP contribution in [0.4, 0.5) is 0 Å². The van der Waals surface area contributed by atoms with Gasteiger partial charge in [-0.1, -0.05) is 41.5 Å². The van der Waals surface area contributed by atoms with Gasteiger partial charge in [0.2, 0.25) is 0 Å². The Kier molecular flexibility index (Phi) is 4.60. The highest BCUT2D eigenvalue weighted by molar-refractivity contribution is 4.78. The summed E-state index contributed by atoms with van der Waals surface area (Å²) in [4.78, 5) is 0. The number of hydrogen-bond acceptors (Lipinski definition) is 2. The van der Waals surface area contributed by atoms with Crippen LogP contribution in [0.5, 0.6) is 0 Å². The predicted molar refractivity (Wildman–Crippen MR) is 60.2 cm³/mol. The Hall–Kier alpha value is -0.0800. The molecular weight excluding hydrogens is 176 g/mol. The second-order valence-electron chi connectivity index (χ2n) is 6.66. The van der Waals surface area contributed by atoms with Gasteiger partial charge in [0.15, 0.2) is 0 Å². The summed E-state index contributed by atoms with van der Waals surface area (Å²) in [6.07, 6.45) is 0.0811. The smallest absolute Gasteiger partial charge is 0.0804 e. The highest BCUT2D eigenvalue weighted by Crippen LogP contribution is 2.27. The summed E-state index contributed by atoms with van der Waals surface area (Å²) in [5.41, 5.74) is 0.135. The van der Waals surface area contributed by atoms with E-state index in [1.807, 2.05) is 0 Å². The van der Waals surface area contributed by atoms with Crippen molar-refractivity contribution in [1.29, 1.82) is 0 Å². The molecule has 0 radical (unpaired) electrons. The first-order valence-electron chi connectivity index (χ1n) is 5.37. The molecule has 0 aliphatic heterocycles. The maximum absolute atomic E-state index is 9.77. The summed E-state index contributed by atoms with van der Waals surface area (Å²) in [5, 5.41) is 19.5. The minimum atomic E-state index is -0.603. The van der Waals surface area contributed by atoms with Gasteiger partial charge in [0.25, 0.3) is 0 Å². The number of rotatable bonds is 3. The molecule has 0 fully saturated rings. The van der Waals surface area contributed by atoms with Crippen LogP contribution in [0.15, 0.2) is 0 Å². The highest BCUT2D eigenvalue weighted by Gasteiger charge is 2.26. The van der Waals surface area contributed by atoms with Crippen molar-refractivity contribution in [3.05, 3.63) is 0 Å². The van der Waals surface area contributed by atoms with E-state index in [1.54, 1.807) is 0 Å². The Labute approximate surface area is 88.3 Å². The predicted octanol–water partition coefficient (Wildman–Crippen LogP) is 2.58. The Morgan fingerprint density at radius 2 is 0.929 bits per heavy atom. The van der Waals surface area contributed by atoms with Crippen LogP contribution in [0.2, 0.25) is 0 Å². The molecule has 86 valence electrons. The summed E-state index contributed by atoms with van der Waals surface area (Å²) in [5.74, 6) is 0. The minimum absolute atomic E-state index is 0.0677. The van der Waals surface area contributed by atoms with E-state index < -0.39 is 12.2 Å². The molecule has 0 heterocycles. The maximum atomic E-state index is 9.77. The van der Waals surface area contributed by atoms with Gasteiger partial charge in [0.1, 0.15) is 0 Å². The molecule has 0 spiro atoms. The van der Waals surface area contributed by atoms with Crippen molar-refractivity contribution in [2.45, 2.75) is 66.6 Å². The normalized spacial score (nSPS) is 18.0. The molecule has 0 aromatic carbocycles. The molecule has 0 rings (SSSR count). The lowest BCUT2D eigenvalue weighted by molar-refractivity contribution is -0.0230. The van der Waals surface area contributed by atoms with E-state index in [4.69, 9.17) is 0 Å². The fourth-order valence-corrected chi connectivity index (χ4v) is 1.53. The topological polar surface area (TPSA) is 40.5 Å². The SMILES string of the molecule is CC(C)(C)C[C@H](O)[C@@H](O)CC(C)(C)C. The second-order valence-corrected chi connectivity index (χ2v) is 6.66. The van der Waals surface area contributed by atoms with Crippen LogP contribution in [0.3, 0.4) is 0 Å². The van der Waals surface area contributed by atoms with Crippen LogP contribution in [0, 0.1) is 10.8 Å². The monoisotopic (exact) mass is 202 g/mol. The van der Waals surface area contributed by atoms with Crippen LogP contribution < -0.4 is 0 Å². The first-order chi connectivity index (χ1) is 6.01. The van der Waals surface area contributed by atoms with Crippen LogP contribution in [0.1, 0.15) is 54.4 Å². The molecule has 2 nitrogen and oxygen atoms in total. The molecule has 14 heavy (non-hydrogen) atoms. The van der Waals surface area contributed by atoms with Crippen molar-refractivity contribution in [3.63, 3.8) is 0 Å².